The number of hydrogen-bond acceptors (Lipinski definition) is 1. The first kappa shape index (κ1) is 11.5. The molecular formula is C17H19N. The molecule has 0 aliphatic heterocycles. The van der Waals surface area contributed by atoms with E-state index in [4.69, 9.17) is 5.73 Å². The number of hydrogen-bond donors (Lipinski definition) is 1. The second kappa shape index (κ2) is 4.25. The summed E-state index contributed by atoms with van der Waals surface area (Å²) in [6, 6.07) is 19.1. The van der Waals surface area contributed by atoms with Gasteiger partial charge in [0.1, 0.15) is 0 Å². The molecule has 0 bridgehead atoms. The van der Waals surface area contributed by atoms with Crippen LogP contribution in [0.1, 0.15) is 42.5 Å². The van der Waals surface area contributed by atoms with Gasteiger partial charge in [0.2, 0.25) is 0 Å². The fourth-order valence-corrected chi connectivity index (χ4v) is 2.42. The van der Waals surface area contributed by atoms with E-state index in [0.29, 0.717) is 5.41 Å². The average Bonchev–Trinajstić information content (AvgIpc) is 3.18. The smallest absolute Gasteiger partial charge is 0.0551 e. The second-order valence-corrected chi connectivity index (χ2v) is 5.57. The van der Waals surface area contributed by atoms with Crippen molar-refractivity contribution in [1.29, 1.82) is 0 Å². The Labute approximate surface area is 109 Å². The van der Waals surface area contributed by atoms with Crippen molar-refractivity contribution in [2.75, 3.05) is 0 Å². The first-order valence-corrected chi connectivity index (χ1v) is 6.60. The molecule has 1 saturated carbocycles. The van der Waals surface area contributed by atoms with Gasteiger partial charge in [-0.15, -0.1) is 0 Å². The van der Waals surface area contributed by atoms with E-state index in [2.05, 4.69) is 43.3 Å². The zero-order valence-corrected chi connectivity index (χ0v) is 10.8. The minimum absolute atomic E-state index is 0.0211. The maximum Gasteiger partial charge on any atom is 0.0551 e. The third-order valence-corrected chi connectivity index (χ3v) is 4.13. The van der Waals surface area contributed by atoms with Gasteiger partial charge in [0.25, 0.3) is 0 Å². The lowest BCUT2D eigenvalue weighted by atomic mass is 9.94. The highest BCUT2D eigenvalue weighted by molar-refractivity contribution is 5.37. The summed E-state index contributed by atoms with van der Waals surface area (Å²) in [5.74, 6) is 0. The molecule has 0 heterocycles. The summed E-state index contributed by atoms with van der Waals surface area (Å²) in [5, 5.41) is 0. The quantitative estimate of drug-likeness (QED) is 0.863. The van der Waals surface area contributed by atoms with Crippen LogP contribution < -0.4 is 5.73 Å². The number of nitrogens with two attached hydrogens (primary N) is 1. The lowest BCUT2D eigenvalue weighted by molar-refractivity contribution is 0.783. The van der Waals surface area contributed by atoms with Crippen molar-refractivity contribution in [3.05, 3.63) is 71.3 Å². The average molecular weight is 237 g/mol. The Bertz CT molecular complexity index is 523. The first-order valence-electron chi connectivity index (χ1n) is 6.60. The third kappa shape index (κ3) is 2.06. The molecule has 18 heavy (non-hydrogen) atoms. The van der Waals surface area contributed by atoms with Gasteiger partial charge >= 0.3 is 0 Å². The minimum atomic E-state index is -0.0211. The molecule has 0 saturated heterocycles. The Hall–Kier alpha value is -1.60. The highest BCUT2D eigenvalue weighted by atomic mass is 14.6. The van der Waals surface area contributed by atoms with E-state index >= 15 is 0 Å². The number of rotatable bonds is 3. The van der Waals surface area contributed by atoms with Gasteiger partial charge in [0.15, 0.2) is 0 Å². The second-order valence-electron chi connectivity index (χ2n) is 5.57. The van der Waals surface area contributed by atoms with Crippen molar-refractivity contribution in [2.45, 2.75) is 31.2 Å². The predicted octanol–water partition coefficient (Wildman–Crippen LogP) is 3.79. The van der Waals surface area contributed by atoms with Gasteiger partial charge in [-0.1, -0.05) is 61.5 Å². The zero-order chi connectivity index (χ0) is 12.6. The van der Waals surface area contributed by atoms with Gasteiger partial charge in [-0.2, -0.15) is 0 Å². The zero-order valence-electron chi connectivity index (χ0n) is 10.8. The van der Waals surface area contributed by atoms with Crippen molar-refractivity contribution < 1.29 is 0 Å². The molecule has 0 radical (unpaired) electrons. The standard InChI is InChI=1S/C17H19N/c1-17(11-12-17)15-9-7-14(8-10-15)16(18)13-5-3-2-4-6-13/h2-10,16H,11-12,18H2,1H3/t16-/m0/s1. The Morgan fingerprint density at radius 3 is 2.00 bits per heavy atom. The Morgan fingerprint density at radius 2 is 1.44 bits per heavy atom. The van der Waals surface area contributed by atoms with Crippen molar-refractivity contribution in [2.24, 2.45) is 5.73 Å². The van der Waals surface area contributed by atoms with Crippen LogP contribution in [0, 0.1) is 0 Å². The van der Waals surface area contributed by atoms with Crippen LogP contribution in [0.25, 0.3) is 0 Å². The normalized spacial score (nSPS) is 18.3. The van der Waals surface area contributed by atoms with E-state index in [1.165, 1.54) is 29.5 Å². The Kier molecular flexibility index (Phi) is 2.71. The van der Waals surface area contributed by atoms with Crippen molar-refractivity contribution in [3.63, 3.8) is 0 Å². The van der Waals surface area contributed by atoms with E-state index < -0.39 is 0 Å². The summed E-state index contributed by atoms with van der Waals surface area (Å²) in [4.78, 5) is 0. The van der Waals surface area contributed by atoms with Crippen LogP contribution >= 0.6 is 0 Å². The topological polar surface area (TPSA) is 26.0 Å². The monoisotopic (exact) mass is 237 g/mol. The maximum absolute atomic E-state index is 6.29. The maximum atomic E-state index is 6.29. The summed E-state index contributed by atoms with van der Waals surface area (Å²) < 4.78 is 0. The van der Waals surface area contributed by atoms with E-state index in [-0.39, 0.29) is 6.04 Å². The highest BCUT2D eigenvalue weighted by Crippen LogP contribution is 2.47. The molecule has 2 aromatic carbocycles. The number of benzene rings is 2. The Morgan fingerprint density at radius 1 is 0.889 bits per heavy atom. The van der Waals surface area contributed by atoms with Crippen LogP contribution in [-0.2, 0) is 5.41 Å². The summed E-state index contributed by atoms with van der Waals surface area (Å²) in [6.45, 7) is 2.33. The molecule has 2 aromatic rings. The molecule has 0 spiro atoms. The highest BCUT2D eigenvalue weighted by Gasteiger charge is 2.38. The molecule has 0 amide bonds. The molecule has 1 aliphatic carbocycles. The molecule has 2 N–H and O–H groups in total. The van der Waals surface area contributed by atoms with Gasteiger partial charge in [0.05, 0.1) is 6.04 Å². The van der Waals surface area contributed by atoms with Crippen LogP contribution in [0.3, 0.4) is 0 Å². The van der Waals surface area contributed by atoms with Gasteiger partial charge < -0.3 is 5.73 Å². The van der Waals surface area contributed by atoms with Gasteiger partial charge in [-0.05, 0) is 34.9 Å². The van der Waals surface area contributed by atoms with Crippen LogP contribution in [0.2, 0.25) is 0 Å². The Balaban J connectivity index is 1.85. The van der Waals surface area contributed by atoms with Crippen molar-refractivity contribution >= 4 is 0 Å². The van der Waals surface area contributed by atoms with Crippen molar-refractivity contribution in [3.8, 4) is 0 Å². The SMILES string of the molecule is CC1(c2ccc([C@@H](N)c3ccccc3)cc2)CC1. The molecule has 1 aliphatic rings. The largest absolute Gasteiger partial charge is 0.320 e. The lowest BCUT2D eigenvalue weighted by Gasteiger charge is -2.15. The molecule has 1 fully saturated rings. The summed E-state index contributed by atoms with van der Waals surface area (Å²) in [7, 11) is 0. The van der Waals surface area contributed by atoms with Crippen molar-refractivity contribution in [1.82, 2.24) is 0 Å². The molecule has 0 aromatic heterocycles. The van der Waals surface area contributed by atoms with E-state index in [1.807, 2.05) is 18.2 Å². The fraction of sp³-hybridized carbons (Fsp3) is 0.294. The molecule has 1 atom stereocenters. The molecule has 1 heteroatoms. The van der Waals surface area contributed by atoms with Gasteiger partial charge in [-0.25, -0.2) is 0 Å². The van der Waals surface area contributed by atoms with Crippen LogP contribution in [0.4, 0.5) is 0 Å². The molecular weight excluding hydrogens is 218 g/mol. The van der Waals surface area contributed by atoms with E-state index in [0.717, 1.165) is 0 Å². The molecule has 3 rings (SSSR count). The van der Waals surface area contributed by atoms with Crippen LogP contribution in [-0.4, -0.2) is 0 Å². The lowest BCUT2D eigenvalue weighted by Crippen LogP contribution is -2.12. The van der Waals surface area contributed by atoms with E-state index in [1.54, 1.807) is 0 Å². The third-order valence-electron chi connectivity index (χ3n) is 4.13. The molecule has 1 nitrogen and oxygen atoms in total. The summed E-state index contributed by atoms with van der Waals surface area (Å²) in [5.41, 5.74) is 10.5. The molecule has 92 valence electrons. The minimum Gasteiger partial charge on any atom is -0.320 e. The van der Waals surface area contributed by atoms with Crippen LogP contribution in [0.15, 0.2) is 54.6 Å². The van der Waals surface area contributed by atoms with Gasteiger partial charge in [0, 0.05) is 0 Å². The summed E-state index contributed by atoms with van der Waals surface area (Å²) in [6.07, 6.45) is 2.63. The predicted molar refractivity (Wildman–Crippen MR) is 75.5 cm³/mol. The molecule has 0 unspecified atom stereocenters. The summed E-state index contributed by atoms with van der Waals surface area (Å²) >= 11 is 0. The fourth-order valence-electron chi connectivity index (χ4n) is 2.42. The van der Waals surface area contributed by atoms with Crippen LogP contribution in [0.5, 0.6) is 0 Å². The first-order chi connectivity index (χ1) is 8.69. The van der Waals surface area contributed by atoms with Gasteiger partial charge in [-0.3, -0.25) is 0 Å². The van der Waals surface area contributed by atoms with E-state index in [9.17, 15) is 0 Å².